The first-order chi connectivity index (χ1) is 7.29. The lowest BCUT2D eigenvalue weighted by molar-refractivity contribution is 0.0321. The molecule has 0 spiro atoms. The molecular weight excluding hydrogens is 228 g/mol. The van der Waals surface area contributed by atoms with E-state index in [4.69, 9.17) is 0 Å². The van der Waals surface area contributed by atoms with Gasteiger partial charge in [-0.2, -0.15) is 11.8 Å². The second-order valence-electron chi connectivity index (χ2n) is 3.91. The highest BCUT2D eigenvalue weighted by molar-refractivity contribution is 7.99. The van der Waals surface area contributed by atoms with Gasteiger partial charge in [0.1, 0.15) is 0 Å². The molecule has 0 atom stereocenters. The Hall–Kier alpha value is -0.100. The van der Waals surface area contributed by atoms with Gasteiger partial charge >= 0.3 is 0 Å². The highest BCUT2D eigenvalue weighted by atomic mass is 32.2. The van der Waals surface area contributed by atoms with Crippen LogP contribution in [0.1, 0.15) is 17.7 Å². The summed E-state index contributed by atoms with van der Waals surface area (Å²) in [4.78, 5) is 5.24. The van der Waals surface area contributed by atoms with Crippen LogP contribution in [0, 0.1) is 0 Å². The average molecular weight is 244 g/mol. The van der Waals surface area contributed by atoms with E-state index in [0.29, 0.717) is 6.54 Å². The molecule has 5 heteroatoms. The van der Waals surface area contributed by atoms with E-state index in [1.807, 2.05) is 23.5 Å². The topological polar surface area (TPSA) is 45.1 Å². The zero-order chi connectivity index (χ0) is 10.6. The number of nitrogens with zero attached hydrogens (tertiary/aromatic N) is 1. The van der Waals surface area contributed by atoms with Crippen molar-refractivity contribution in [1.82, 2.24) is 10.3 Å². The molecule has 0 aliphatic carbocycles. The minimum atomic E-state index is -0.476. The highest BCUT2D eigenvalue weighted by Gasteiger charge is 2.28. The van der Waals surface area contributed by atoms with Crippen molar-refractivity contribution in [3.05, 3.63) is 16.6 Å². The van der Waals surface area contributed by atoms with Crippen molar-refractivity contribution in [1.29, 1.82) is 0 Å². The van der Waals surface area contributed by atoms with Gasteiger partial charge in [0.25, 0.3) is 0 Å². The number of thioether (sulfide) groups is 1. The van der Waals surface area contributed by atoms with Crippen molar-refractivity contribution in [3.63, 3.8) is 0 Å². The number of thiazole rings is 1. The predicted molar refractivity (Wildman–Crippen MR) is 65.3 cm³/mol. The molecule has 2 rings (SSSR count). The predicted octanol–water partition coefficient (Wildman–Crippen LogP) is 1.49. The van der Waals surface area contributed by atoms with E-state index in [2.05, 4.69) is 10.3 Å². The molecule has 0 bridgehead atoms. The third-order valence-corrected chi connectivity index (χ3v) is 4.43. The Morgan fingerprint density at radius 2 is 2.27 bits per heavy atom. The summed E-state index contributed by atoms with van der Waals surface area (Å²) < 4.78 is 0. The summed E-state index contributed by atoms with van der Waals surface area (Å²) in [6.45, 7) is 1.52. The van der Waals surface area contributed by atoms with Crippen LogP contribution in [0.4, 0.5) is 0 Å². The van der Waals surface area contributed by atoms with Gasteiger partial charge in [-0.15, -0.1) is 11.3 Å². The molecule has 15 heavy (non-hydrogen) atoms. The lowest BCUT2D eigenvalue weighted by atomic mass is 9.97. The Bertz CT molecular complexity index is 284. The van der Waals surface area contributed by atoms with Crippen LogP contribution >= 0.6 is 23.1 Å². The minimum Gasteiger partial charge on any atom is -0.389 e. The van der Waals surface area contributed by atoms with Crippen molar-refractivity contribution >= 4 is 23.1 Å². The molecule has 1 aromatic heterocycles. The smallest absolute Gasteiger partial charge is 0.0794 e. The summed E-state index contributed by atoms with van der Waals surface area (Å²) in [5.74, 6) is 2.16. The van der Waals surface area contributed by atoms with Crippen LogP contribution in [0.15, 0.2) is 11.7 Å². The van der Waals surface area contributed by atoms with Crippen LogP contribution in [0.5, 0.6) is 0 Å². The first kappa shape index (κ1) is 11.4. The Morgan fingerprint density at radius 3 is 2.93 bits per heavy atom. The second kappa shape index (κ2) is 5.30. The van der Waals surface area contributed by atoms with E-state index in [-0.39, 0.29) is 0 Å². The van der Waals surface area contributed by atoms with Crippen LogP contribution in [-0.4, -0.2) is 33.7 Å². The van der Waals surface area contributed by atoms with Gasteiger partial charge in [0.2, 0.25) is 0 Å². The van der Waals surface area contributed by atoms with Gasteiger partial charge in [-0.05, 0) is 24.3 Å². The SMILES string of the molecule is OC1(CNCc2cncs2)CCSCC1. The number of nitrogens with one attached hydrogen (secondary N) is 1. The molecule has 1 saturated heterocycles. The zero-order valence-corrected chi connectivity index (χ0v) is 10.2. The zero-order valence-electron chi connectivity index (χ0n) is 8.61. The van der Waals surface area contributed by atoms with Crippen molar-refractivity contribution < 1.29 is 5.11 Å². The molecule has 2 N–H and O–H groups in total. The van der Waals surface area contributed by atoms with Gasteiger partial charge in [-0.3, -0.25) is 4.98 Å². The summed E-state index contributed by atoms with van der Waals surface area (Å²) in [6, 6.07) is 0. The molecular formula is C10H16N2OS2. The Labute approximate surface area is 98.3 Å². The van der Waals surface area contributed by atoms with Gasteiger partial charge in [0.05, 0.1) is 11.1 Å². The fourth-order valence-electron chi connectivity index (χ4n) is 1.68. The molecule has 0 aromatic carbocycles. The molecule has 0 saturated carbocycles. The standard InChI is InChI=1S/C10H16N2OS2/c13-10(1-3-14-4-2-10)7-11-5-9-6-12-8-15-9/h6,8,11,13H,1-5,7H2. The molecule has 84 valence electrons. The number of hydrogen-bond donors (Lipinski definition) is 2. The van der Waals surface area contributed by atoms with Gasteiger partial charge in [0, 0.05) is 24.2 Å². The van der Waals surface area contributed by atoms with Crippen molar-refractivity contribution in [2.45, 2.75) is 25.0 Å². The molecule has 1 aromatic rings. The Morgan fingerprint density at radius 1 is 1.47 bits per heavy atom. The molecule has 1 aliphatic heterocycles. The average Bonchev–Trinajstić information content (AvgIpc) is 2.71. The second-order valence-corrected chi connectivity index (χ2v) is 6.10. The molecule has 1 aliphatic rings. The molecule has 1 fully saturated rings. The first-order valence-electron chi connectivity index (χ1n) is 5.17. The third kappa shape index (κ3) is 3.45. The Balaban J connectivity index is 1.72. The van der Waals surface area contributed by atoms with Gasteiger partial charge in [-0.1, -0.05) is 0 Å². The van der Waals surface area contributed by atoms with E-state index in [0.717, 1.165) is 30.9 Å². The van der Waals surface area contributed by atoms with Crippen LogP contribution in [-0.2, 0) is 6.54 Å². The highest BCUT2D eigenvalue weighted by Crippen LogP contribution is 2.26. The lowest BCUT2D eigenvalue weighted by Crippen LogP contribution is -2.43. The van der Waals surface area contributed by atoms with E-state index in [1.54, 1.807) is 11.3 Å². The van der Waals surface area contributed by atoms with E-state index < -0.39 is 5.60 Å². The third-order valence-electron chi connectivity index (χ3n) is 2.66. The lowest BCUT2D eigenvalue weighted by Gasteiger charge is -2.31. The number of aliphatic hydroxyl groups is 1. The van der Waals surface area contributed by atoms with Crippen LogP contribution in [0.25, 0.3) is 0 Å². The number of aromatic nitrogens is 1. The summed E-state index contributed by atoms with van der Waals surface area (Å²) in [6.07, 6.45) is 3.69. The normalized spacial score (nSPS) is 20.3. The van der Waals surface area contributed by atoms with Gasteiger partial charge in [-0.25, -0.2) is 0 Å². The maximum absolute atomic E-state index is 10.2. The molecule has 0 unspecified atom stereocenters. The maximum atomic E-state index is 10.2. The number of hydrogen-bond acceptors (Lipinski definition) is 5. The van der Waals surface area contributed by atoms with Gasteiger partial charge in [0.15, 0.2) is 0 Å². The quantitative estimate of drug-likeness (QED) is 0.842. The van der Waals surface area contributed by atoms with Crippen molar-refractivity contribution in [3.8, 4) is 0 Å². The monoisotopic (exact) mass is 244 g/mol. The number of rotatable bonds is 4. The summed E-state index contributed by atoms with van der Waals surface area (Å²) in [7, 11) is 0. The summed E-state index contributed by atoms with van der Waals surface area (Å²) in [5, 5.41) is 13.5. The fraction of sp³-hybridized carbons (Fsp3) is 0.700. The van der Waals surface area contributed by atoms with Gasteiger partial charge < -0.3 is 10.4 Å². The van der Waals surface area contributed by atoms with Crippen LogP contribution in [0.3, 0.4) is 0 Å². The largest absolute Gasteiger partial charge is 0.389 e. The molecule has 2 heterocycles. The van der Waals surface area contributed by atoms with Crippen molar-refractivity contribution in [2.75, 3.05) is 18.1 Å². The van der Waals surface area contributed by atoms with Crippen LogP contribution in [0.2, 0.25) is 0 Å². The Kier molecular flexibility index (Phi) is 4.02. The summed E-state index contributed by atoms with van der Waals surface area (Å²) >= 11 is 3.58. The summed E-state index contributed by atoms with van der Waals surface area (Å²) in [5.41, 5.74) is 1.36. The maximum Gasteiger partial charge on any atom is 0.0794 e. The molecule has 0 amide bonds. The minimum absolute atomic E-state index is 0.476. The molecule has 0 radical (unpaired) electrons. The van der Waals surface area contributed by atoms with E-state index >= 15 is 0 Å². The van der Waals surface area contributed by atoms with Crippen LogP contribution < -0.4 is 5.32 Å². The molecule has 3 nitrogen and oxygen atoms in total. The van der Waals surface area contributed by atoms with Crippen molar-refractivity contribution in [2.24, 2.45) is 0 Å². The van der Waals surface area contributed by atoms with E-state index in [1.165, 1.54) is 4.88 Å². The fourth-order valence-corrected chi connectivity index (χ4v) is 3.49. The van der Waals surface area contributed by atoms with E-state index in [9.17, 15) is 5.11 Å². The first-order valence-corrected chi connectivity index (χ1v) is 7.20.